The molecule has 0 spiro atoms. The third-order valence-electron chi connectivity index (χ3n) is 5.07. The molecule has 1 heterocycles. The average Bonchev–Trinajstić information content (AvgIpc) is 3.34. The molecular weight excluding hydrogens is 320 g/mol. The Kier molecular flexibility index (Phi) is 4.54. The quantitative estimate of drug-likeness (QED) is 0.873. The van der Waals surface area contributed by atoms with Crippen LogP contribution >= 0.6 is 0 Å². The lowest BCUT2D eigenvalue weighted by atomic mass is 9.95. The number of nitrogens with one attached hydrogen (secondary N) is 1. The van der Waals surface area contributed by atoms with E-state index in [9.17, 15) is 19.5 Å². The number of benzene rings is 1. The van der Waals surface area contributed by atoms with Crippen molar-refractivity contribution in [2.24, 2.45) is 5.92 Å². The van der Waals surface area contributed by atoms with Crippen molar-refractivity contribution in [3.8, 4) is 0 Å². The Labute approximate surface area is 147 Å². The second-order valence-electron chi connectivity index (χ2n) is 7.34. The topological polar surface area (TPSA) is 86.7 Å². The molecule has 0 bridgehead atoms. The molecule has 1 saturated carbocycles. The van der Waals surface area contributed by atoms with E-state index in [-0.39, 0.29) is 17.7 Å². The van der Waals surface area contributed by atoms with Crippen LogP contribution < -0.4 is 5.32 Å². The van der Waals surface area contributed by atoms with Crippen LogP contribution in [0.5, 0.6) is 0 Å². The molecule has 0 radical (unpaired) electrons. The lowest BCUT2D eigenvalue weighted by Crippen LogP contribution is -2.50. The molecule has 134 valence electrons. The number of carboxylic acid groups (broad SMARTS) is 1. The summed E-state index contributed by atoms with van der Waals surface area (Å²) in [5, 5.41) is 11.9. The molecule has 1 atom stereocenters. The predicted molar refractivity (Wildman–Crippen MR) is 92.3 cm³/mol. The average molecular weight is 344 g/mol. The number of rotatable bonds is 4. The van der Waals surface area contributed by atoms with E-state index >= 15 is 0 Å². The number of carbonyl (C=O) groups is 3. The van der Waals surface area contributed by atoms with Crippen LogP contribution in [0.3, 0.4) is 0 Å². The molecule has 2 N–H and O–H groups in total. The maximum Gasteiger partial charge on any atom is 0.329 e. The first kappa shape index (κ1) is 17.5. The molecule has 1 aliphatic heterocycles. The van der Waals surface area contributed by atoms with Crippen LogP contribution in [-0.2, 0) is 9.59 Å². The summed E-state index contributed by atoms with van der Waals surface area (Å²) in [6, 6.07) is 5.75. The van der Waals surface area contributed by atoms with E-state index in [2.05, 4.69) is 5.32 Å². The van der Waals surface area contributed by atoms with Gasteiger partial charge >= 0.3 is 5.97 Å². The van der Waals surface area contributed by atoms with Gasteiger partial charge < -0.3 is 15.3 Å². The second kappa shape index (κ2) is 6.50. The maximum atomic E-state index is 12.8. The summed E-state index contributed by atoms with van der Waals surface area (Å²) >= 11 is 0. The molecule has 2 aliphatic rings. The van der Waals surface area contributed by atoms with Crippen LogP contribution in [0.15, 0.2) is 18.2 Å². The van der Waals surface area contributed by atoms with Crippen LogP contribution in [0.4, 0.5) is 0 Å². The molecule has 2 fully saturated rings. The normalized spacial score (nSPS) is 21.5. The van der Waals surface area contributed by atoms with Gasteiger partial charge in [-0.1, -0.05) is 17.2 Å². The fourth-order valence-corrected chi connectivity index (χ4v) is 3.51. The largest absolute Gasteiger partial charge is 0.480 e. The van der Waals surface area contributed by atoms with E-state index < -0.39 is 11.5 Å². The van der Waals surface area contributed by atoms with E-state index in [1.54, 1.807) is 4.90 Å². The Bertz CT molecular complexity index is 704. The van der Waals surface area contributed by atoms with Gasteiger partial charge in [0.15, 0.2) is 0 Å². The number of aryl methyl sites for hydroxylation is 2. The molecule has 2 amide bonds. The first-order valence-corrected chi connectivity index (χ1v) is 8.74. The van der Waals surface area contributed by atoms with E-state index in [0.717, 1.165) is 17.5 Å². The highest BCUT2D eigenvalue weighted by molar-refractivity contribution is 5.95. The number of hydrogen-bond donors (Lipinski definition) is 2. The molecule has 1 aromatic rings. The minimum absolute atomic E-state index is 0.0660. The highest BCUT2D eigenvalue weighted by Gasteiger charge is 2.52. The van der Waals surface area contributed by atoms with Crippen molar-refractivity contribution in [2.45, 2.75) is 45.1 Å². The van der Waals surface area contributed by atoms with Gasteiger partial charge in [-0.05, 0) is 51.7 Å². The summed E-state index contributed by atoms with van der Waals surface area (Å²) in [6.07, 6.45) is 2.38. The fourth-order valence-electron chi connectivity index (χ4n) is 3.51. The van der Waals surface area contributed by atoms with Crippen molar-refractivity contribution in [1.82, 2.24) is 10.2 Å². The van der Waals surface area contributed by atoms with Gasteiger partial charge in [-0.2, -0.15) is 0 Å². The number of aliphatic carboxylic acids is 1. The number of piperidine rings is 1. The molecule has 6 nitrogen and oxygen atoms in total. The van der Waals surface area contributed by atoms with Gasteiger partial charge in [-0.15, -0.1) is 0 Å². The third kappa shape index (κ3) is 3.67. The van der Waals surface area contributed by atoms with Crippen LogP contribution in [0.2, 0.25) is 0 Å². The maximum absolute atomic E-state index is 12.8. The fraction of sp³-hybridized carbons (Fsp3) is 0.526. The molecule has 25 heavy (non-hydrogen) atoms. The van der Waals surface area contributed by atoms with Crippen LogP contribution in [-0.4, -0.2) is 46.4 Å². The van der Waals surface area contributed by atoms with Gasteiger partial charge in [0, 0.05) is 18.7 Å². The Morgan fingerprint density at radius 3 is 2.36 bits per heavy atom. The van der Waals surface area contributed by atoms with Crippen molar-refractivity contribution < 1.29 is 19.5 Å². The first-order valence-electron chi connectivity index (χ1n) is 8.74. The van der Waals surface area contributed by atoms with Gasteiger partial charge in [0.2, 0.25) is 5.91 Å². The molecule has 0 aromatic heterocycles. The Morgan fingerprint density at radius 1 is 1.16 bits per heavy atom. The van der Waals surface area contributed by atoms with Crippen molar-refractivity contribution >= 4 is 17.8 Å². The lowest BCUT2D eigenvalue weighted by Gasteiger charge is -2.32. The summed E-state index contributed by atoms with van der Waals surface area (Å²) in [5.74, 6) is -1.64. The summed E-state index contributed by atoms with van der Waals surface area (Å²) in [5.41, 5.74) is 1.64. The van der Waals surface area contributed by atoms with E-state index in [4.69, 9.17) is 0 Å². The summed E-state index contributed by atoms with van der Waals surface area (Å²) in [4.78, 5) is 38.2. The second-order valence-corrected chi connectivity index (χ2v) is 7.34. The summed E-state index contributed by atoms with van der Waals surface area (Å²) in [7, 11) is 0. The third-order valence-corrected chi connectivity index (χ3v) is 5.07. The standard InChI is InChI=1S/C19H24N2O4/c1-12-8-13(2)10-15(9-12)17(23)21-7-3-4-14(11-21)16(22)20-19(5-6-19)18(24)25/h8-10,14H,3-7,11H2,1-2H3,(H,20,22)(H,24,25). The monoisotopic (exact) mass is 344 g/mol. The van der Waals surface area contributed by atoms with Gasteiger partial charge in [-0.25, -0.2) is 4.79 Å². The summed E-state index contributed by atoms with van der Waals surface area (Å²) in [6.45, 7) is 4.88. The van der Waals surface area contributed by atoms with Crippen molar-refractivity contribution in [1.29, 1.82) is 0 Å². The molecule has 1 saturated heterocycles. The zero-order valence-electron chi connectivity index (χ0n) is 14.7. The van der Waals surface area contributed by atoms with E-state index in [1.165, 1.54) is 0 Å². The van der Waals surface area contributed by atoms with E-state index in [0.29, 0.717) is 37.9 Å². The number of amides is 2. The number of likely N-dealkylation sites (tertiary alicyclic amines) is 1. The number of nitrogens with zero attached hydrogens (tertiary/aromatic N) is 1. The van der Waals surface area contributed by atoms with E-state index in [1.807, 2.05) is 32.0 Å². The summed E-state index contributed by atoms with van der Waals surface area (Å²) < 4.78 is 0. The first-order chi connectivity index (χ1) is 11.8. The zero-order chi connectivity index (χ0) is 18.2. The SMILES string of the molecule is Cc1cc(C)cc(C(=O)N2CCCC(C(=O)NC3(C(=O)O)CC3)C2)c1. The highest BCUT2D eigenvalue weighted by Crippen LogP contribution is 2.36. The lowest BCUT2D eigenvalue weighted by molar-refractivity contribution is -0.144. The molecule has 1 aromatic carbocycles. The van der Waals surface area contributed by atoms with Gasteiger partial charge in [0.05, 0.1) is 5.92 Å². The molecular formula is C19H24N2O4. The van der Waals surface area contributed by atoms with Gasteiger partial charge in [-0.3, -0.25) is 9.59 Å². The minimum Gasteiger partial charge on any atom is -0.480 e. The van der Waals surface area contributed by atoms with Crippen molar-refractivity contribution in [2.75, 3.05) is 13.1 Å². The van der Waals surface area contributed by atoms with Crippen molar-refractivity contribution in [3.05, 3.63) is 34.9 Å². The molecule has 1 unspecified atom stereocenters. The zero-order valence-corrected chi connectivity index (χ0v) is 14.7. The van der Waals surface area contributed by atoms with Crippen molar-refractivity contribution in [3.63, 3.8) is 0 Å². The number of carbonyl (C=O) groups excluding carboxylic acids is 2. The Balaban J connectivity index is 1.67. The van der Waals surface area contributed by atoms with Gasteiger partial charge in [0.1, 0.15) is 5.54 Å². The Hall–Kier alpha value is -2.37. The van der Waals surface area contributed by atoms with Crippen LogP contribution in [0, 0.1) is 19.8 Å². The minimum atomic E-state index is -1.07. The molecule has 1 aliphatic carbocycles. The predicted octanol–water partition coefficient (Wildman–Crippen LogP) is 1.89. The number of carboxylic acids is 1. The van der Waals surface area contributed by atoms with Crippen LogP contribution in [0.1, 0.15) is 47.2 Å². The smallest absolute Gasteiger partial charge is 0.329 e. The number of hydrogen-bond acceptors (Lipinski definition) is 3. The molecule has 6 heteroatoms. The van der Waals surface area contributed by atoms with Crippen LogP contribution in [0.25, 0.3) is 0 Å². The molecule has 3 rings (SSSR count). The Morgan fingerprint density at radius 2 is 1.80 bits per heavy atom. The highest BCUT2D eigenvalue weighted by atomic mass is 16.4. The van der Waals surface area contributed by atoms with Gasteiger partial charge in [0.25, 0.3) is 5.91 Å².